The highest BCUT2D eigenvalue weighted by Crippen LogP contribution is 2.17. The van der Waals surface area contributed by atoms with Crippen LogP contribution in [0.2, 0.25) is 0 Å². The van der Waals surface area contributed by atoms with Crippen LogP contribution in [-0.2, 0) is 16.1 Å². The van der Waals surface area contributed by atoms with Gasteiger partial charge in [0.15, 0.2) is 11.4 Å². The van der Waals surface area contributed by atoms with Gasteiger partial charge >= 0.3 is 5.97 Å². The summed E-state index contributed by atoms with van der Waals surface area (Å²) >= 11 is 0. The third-order valence-electron chi connectivity index (χ3n) is 5.38. The van der Waals surface area contributed by atoms with Crippen LogP contribution < -0.4 is 10.1 Å². The SMILES string of the molecule is CCCCCCCCCCCCOC(=O)CNC(=O)c1ncccc1OCc1ccccc1. The van der Waals surface area contributed by atoms with Crippen LogP contribution in [-0.4, -0.2) is 30.0 Å². The minimum Gasteiger partial charge on any atom is -0.486 e. The lowest BCUT2D eigenvalue weighted by Crippen LogP contribution is -2.31. The van der Waals surface area contributed by atoms with Gasteiger partial charge in [0, 0.05) is 6.20 Å². The van der Waals surface area contributed by atoms with Crippen molar-refractivity contribution in [3.8, 4) is 5.75 Å². The first-order valence-electron chi connectivity index (χ1n) is 12.3. The van der Waals surface area contributed by atoms with Gasteiger partial charge in [-0.1, -0.05) is 95.0 Å². The van der Waals surface area contributed by atoms with Gasteiger partial charge in [-0.05, 0) is 24.1 Å². The molecule has 1 aromatic carbocycles. The van der Waals surface area contributed by atoms with E-state index in [9.17, 15) is 9.59 Å². The number of pyridine rings is 1. The smallest absolute Gasteiger partial charge is 0.325 e. The van der Waals surface area contributed by atoms with Crippen molar-refractivity contribution in [1.82, 2.24) is 10.3 Å². The lowest BCUT2D eigenvalue weighted by atomic mass is 10.1. The maximum Gasteiger partial charge on any atom is 0.325 e. The zero-order valence-corrected chi connectivity index (χ0v) is 19.9. The number of hydrogen-bond donors (Lipinski definition) is 1. The van der Waals surface area contributed by atoms with E-state index in [1.165, 1.54) is 57.6 Å². The maximum atomic E-state index is 12.5. The van der Waals surface area contributed by atoms with E-state index < -0.39 is 11.9 Å². The van der Waals surface area contributed by atoms with Crippen LogP contribution in [0.3, 0.4) is 0 Å². The van der Waals surface area contributed by atoms with E-state index in [2.05, 4.69) is 17.2 Å². The molecule has 0 aliphatic carbocycles. The summed E-state index contributed by atoms with van der Waals surface area (Å²) in [7, 11) is 0. The predicted octanol–water partition coefficient (Wildman–Crippen LogP) is 5.85. The van der Waals surface area contributed by atoms with Gasteiger partial charge in [0.25, 0.3) is 5.91 Å². The molecule has 33 heavy (non-hydrogen) atoms. The molecule has 0 aliphatic heterocycles. The quantitative estimate of drug-likeness (QED) is 0.239. The van der Waals surface area contributed by atoms with E-state index in [1.54, 1.807) is 12.1 Å². The molecule has 6 nitrogen and oxygen atoms in total. The molecular formula is C27H38N2O4. The summed E-state index contributed by atoms with van der Waals surface area (Å²) in [5.74, 6) is -0.533. The monoisotopic (exact) mass is 454 g/mol. The van der Waals surface area contributed by atoms with Crippen molar-refractivity contribution in [2.75, 3.05) is 13.2 Å². The molecule has 0 radical (unpaired) electrons. The molecule has 2 aromatic rings. The summed E-state index contributed by atoms with van der Waals surface area (Å²) in [6, 6.07) is 13.1. The van der Waals surface area contributed by atoms with Gasteiger partial charge in [0.1, 0.15) is 13.2 Å². The second-order valence-corrected chi connectivity index (χ2v) is 8.21. The molecule has 2 rings (SSSR count). The molecule has 1 amide bonds. The molecule has 1 aromatic heterocycles. The number of benzene rings is 1. The average Bonchev–Trinajstić information content (AvgIpc) is 2.85. The third-order valence-corrected chi connectivity index (χ3v) is 5.38. The molecule has 0 saturated carbocycles. The summed E-state index contributed by atoms with van der Waals surface area (Å²) in [5, 5.41) is 2.57. The van der Waals surface area contributed by atoms with E-state index >= 15 is 0 Å². The Morgan fingerprint density at radius 1 is 0.848 bits per heavy atom. The van der Waals surface area contributed by atoms with Gasteiger partial charge in [0.2, 0.25) is 0 Å². The molecule has 1 N–H and O–H groups in total. The van der Waals surface area contributed by atoms with Gasteiger partial charge in [-0.2, -0.15) is 0 Å². The summed E-state index contributed by atoms with van der Waals surface area (Å²) in [6.07, 6.45) is 13.8. The summed E-state index contributed by atoms with van der Waals surface area (Å²) in [4.78, 5) is 28.5. The Bertz CT molecular complexity index is 811. The van der Waals surface area contributed by atoms with Crippen molar-refractivity contribution in [2.24, 2.45) is 0 Å². The minimum atomic E-state index is -0.463. The molecule has 180 valence electrons. The second kappa shape index (κ2) is 16.7. The van der Waals surface area contributed by atoms with Gasteiger partial charge < -0.3 is 14.8 Å². The standard InChI is InChI=1S/C27H38N2O4/c1-2-3-4-5-6-7-8-9-10-14-20-32-25(30)21-29-27(31)26-24(18-15-19-28-26)33-22-23-16-12-11-13-17-23/h11-13,15-19H,2-10,14,20-22H2,1H3,(H,29,31). The van der Waals surface area contributed by atoms with Crippen molar-refractivity contribution in [3.63, 3.8) is 0 Å². The Morgan fingerprint density at radius 3 is 2.21 bits per heavy atom. The normalized spacial score (nSPS) is 10.6. The number of esters is 1. The van der Waals surface area contributed by atoms with Crippen LogP contribution in [0.15, 0.2) is 48.7 Å². The van der Waals surface area contributed by atoms with Gasteiger partial charge in [-0.3, -0.25) is 9.59 Å². The summed E-state index contributed by atoms with van der Waals surface area (Å²) in [6.45, 7) is 2.76. The minimum absolute atomic E-state index is 0.149. The van der Waals surface area contributed by atoms with E-state index in [-0.39, 0.29) is 12.2 Å². The molecule has 0 unspecified atom stereocenters. The summed E-state index contributed by atoms with van der Waals surface area (Å²) in [5.41, 5.74) is 1.14. The van der Waals surface area contributed by atoms with Crippen molar-refractivity contribution in [3.05, 3.63) is 59.9 Å². The number of amides is 1. The van der Waals surface area contributed by atoms with Gasteiger partial charge in [0.05, 0.1) is 6.61 Å². The predicted molar refractivity (Wildman–Crippen MR) is 130 cm³/mol. The number of nitrogens with zero attached hydrogens (tertiary/aromatic N) is 1. The van der Waals surface area contributed by atoms with Crippen molar-refractivity contribution >= 4 is 11.9 Å². The molecular weight excluding hydrogens is 416 g/mol. The van der Waals surface area contributed by atoms with Crippen LogP contribution >= 0.6 is 0 Å². The number of hydrogen-bond acceptors (Lipinski definition) is 5. The first kappa shape index (κ1) is 26.4. The lowest BCUT2D eigenvalue weighted by Gasteiger charge is -2.11. The number of ether oxygens (including phenoxy) is 2. The number of aromatic nitrogens is 1. The highest BCUT2D eigenvalue weighted by atomic mass is 16.5. The van der Waals surface area contributed by atoms with Crippen molar-refractivity contribution < 1.29 is 19.1 Å². The maximum absolute atomic E-state index is 12.5. The number of unbranched alkanes of at least 4 members (excludes halogenated alkanes) is 9. The first-order valence-corrected chi connectivity index (χ1v) is 12.3. The fourth-order valence-electron chi connectivity index (χ4n) is 3.48. The second-order valence-electron chi connectivity index (χ2n) is 8.21. The van der Waals surface area contributed by atoms with Crippen LogP contribution in [0.5, 0.6) is 5.75 Å². The Kier molecular flexibility index (Phi) is 13.3. The number of nitrogens with one attached hydrogen (secondary N) is 1. The van der Waals surface area contributed by atoms with Crippen molar-refractivity contribution in [1.29, 1.82) is 0 Å². The fraction of sp³-hybridized carbons (Fsp3) is 0.519. The highest BCUT2D eigenvalue weighted by molar-refractivity contribution is 5.96. The Balaban J connectivity index is 1.58. The largest absolute Gasteiger partial charge is 0.486 e. The van der Waals surface area contributed by atoms with Crippen LogP contribution in [0, 0.1) is 0 Å². The lowest BCUT2D eigenvalue weighted by molar-refractivity contribution is -0.142. The number of carbonyl (C=O) groups is 2. The fourth-order valence-corrected chi connectivity index (χ4v) is 3.48. The first-order chi connectivity index (χ1) is 16.2. The summed E-state index contributed by atoms with van der Waals surface area (Å²) < 4.78 is 11.0. The zero-order valence-electron chi connectivity index (χ0n) is 19.9. The molecule has 0 aliphatic rings. The van der Waals surface area contributed by atoms with E-state index in [4.69, 9.17) is 9.47 Å². The van der Waals surface area contributed by atoms with E-state index in [0.29, 0.717) is 19.0 Å². The van der Waals surface area contributed by atoms with Crippen molar-refractivity contribution in [2.45, 2.75) is 77.7 Å². The topological polar surface area (TPSA) is 77.5 Å². The third kappa shape index (κ3) is 11.5. The van der Waals surface area contributed by atoms with Crippen LogP contribution in [0.4, 0.5) is 0 Å². The number of carbonyl (C=O) groups excluding carboxylic acids is 2. The number of rotatable bonds is 17. The van der Waals surface area contributed by atoms with Crippen LogP contribution in [0.25, 0.3) is 0 Å². The van der Waals surface area contributed by atoms with Gasteiger partial charge in [-0.15, -0.1) is 0 Å². The average molecular weight is 455 g/mol. The van der Waals surface area contributed by atoms with Gasteiger partial charge in [-0.25, -0.2) is 4.98 Å². The Morgan fingerprint density at radius 2 is 1.52 bits per heavy atom. The molecule has 0 fully saturated rings. The molecule has 0 bridgehead atoms. The molecule has 0 atom stereocenters. The molecule has 0 spiro atoms. The highest BCUT2D eigenvalue weighted by Gasteiger charge is 2.15. The Hall–Kier alpha value is -2.89. The van der Waals surface area contributed by atoms with E-state index in [0.717, 1.165) is 18.4 Å². The van der Waals surface area contributed by atoms with Crippen LogP contribution in [0.1, 0.15) is 87.2 Å². The zero-order chi connectivity index (χ0) is 23.6. The molecule has 6 heteroatoms. The Labute approximate surface area is 198 Å². The molecule has 1 heterocycles. The van der Waals surface area contributed by atoms with E-state index in [1.807, 2.05) is 30.3 Å². The molecule has 0 saturated heterocycles.